The molecule has 1 aliphatic rings. The monoisotopic (exact) mass is 378 g/mol. The fourth-order valence-corrected chi connectivity index (χ4v) is 3.86. The van der Waals surface area contributed by atoms with Crippen molar-refractivity contribution in [3.8, 4) is 0 Å². The lowest BCUT2D eigenvalue weighted by atomic mass is 10.1. The first-order valence-electron chi connectivity index (χ1n) is 8.61. The van der Waals surface area contributed by atoms with Crippen LogP contribution in [-0.2, 0) is 17.6 Å². The van der Waals surface area contributed by atoms with Crippen LogP contribution in [0.5, 0.6) is 0 Å². The number of hydrogen-bond donors (Lipinski definition) is 0. The quantitative estimate of drug-likeness (QED) is 0.801. The van der Waals surface area contributed by atoms with Gasteiger partial charge in [-0.25, -0.2) is 4.98 Å². The van der Waals surface area contributed by atoms with Gasteiger partial charge in [-0.2, -0.15) is 4.37 Å². The third-order valence-electron chi connectivity index (χ3n) is 4.20. The number of nitrogens with zero attached hydrogens (tertiary/aromatic N) is 4. The van der Waals surface area contributed by atoms with Crippen molar-refractivity contribution < 1.29 is 4.79 Å². The van der Waals surface area contributed by atoms with E-state index >= 15 is 0 Å². The van der Waals surface area contributed by atoms with Crippen molar-refractivity contribution in [3.05, 3.63) is 40.7 Å². The molecule has 1 aliphatic heterocycles. The van der Waals surface area contributed by atoms with Crippen LogP contribution < -0.4 is 4.90 Å². The number of benzene rings is 1. The first-order chi connectivity index (χ1) is 12.0. The van der Waals surface area contributed by atoms with E-state index in [1.54, 1.807) is 0 Å². The van der Waals surface area contributed by atoms with Gasteiger partial charge in [-0.1, -0.05) is 37.6 Å². The lowest BCUT2D eigenvalue weighted by Crippen LogP contribution is -2.49. The van der Waals surface area contributed by atoms with Crippen LogP contribution in [-0.4, -0.2) is 46.3 Å². The van der Waals surface area contributed by atoms with Crippen molar-refractivity contribution in [2.75, 3.05) is 31.1 Å². The van der Waals surface area contributed by atoms with Crippen LogP contribution >= 0.6 is 23.1 Å². The number of rotatable bonds is 5. The zero-order valence-electron chi connectivity index (χ0n) is 14.6. The van der Waals surface area contributed by atoms with E-state index in [-0.39, 0.29) is 5.91 Å². The molecule has 1 saturated heterocycles. The molecule has 7 heteroatoms. The van der Waals surface area contributed by atoms with Gasteiger partial charge in [0, 0.05) is 49.2 Å². The predicted molar refractivity (Wildman–Crippen MR) is 102 cm³/mol. The number of hydrogen-bond acceptors (Lipinski definition) is 5. The maximum Gasteiger partial charge on any atom is 0.227 e. The zero-order valence-corrected chi connectivity index (χ0v) is 16.2. The molecule has 1 aromatic carbocycles. The Bertz CT molecular complexity index is 725. The van der Waals surface area contributed by atoms with Crippen LogP contribution in [0.4, 0.5) is 5.13 Å². The molecule has 0 N–H and O–H groups in total. The Labute approximate surface area is 157 Å². The molecule has 0 aliphatic carbocycles. The highest BCUT2D eigenvalue weighted by atomic mass is 35.5. The normalized spacial score (nSPS) is 15.0. The number of aromatic nitrogens is 2. The summed E-state index contributed by atoms with van der Waals surface area (Å²) in [7, 11) is 0. The van der Waals surface area contributed by atoms with Crippen LogP contribution in [0.2, 0.25) is 5.02 Å². The summed E-state index contributed by atoms with van der Waals surface area (Å²) in [6.07, 6.45) is 1.31. The molecule has 5 nitrogen and oxygen atoms in total. The van der Waals surface area contributed by atoms with Crippen LogP contribution in [0.1, 0.15) is 25.2 Å². The number of carbonyl (C=O) groups excluding carboxylic acids is 1. The molecule has 0 spiro atoms. The van der Waals surface area contributed by atoms with Gasteiger partial charge in [0.25, 0.3) is 0 Å². The van der Waals surface area contributed by atoms with Crippen LogP contribution in [0, 0.1) is 5.92 Å². The molecule has 2 heterocycles. The fourth-order valence-electron chi connectivity index (χ4n) is 2.90. The second-order valence-corrected chi connectivity index (χ2v) is 7.93. The Kier molecular flexibility index (Phi) is 5.91. The summed E-state index contributed by atoms with van der Waals surface area (Å²) in [5.41, 5.74) is 0.961. The molecular formula is C18H23ClN4OS. The summed E-state index contributed by atoms with van der Waals surface area (Å²) in [6, 6.07) is 7.50. The van der Waals surface area contributed by atoms with E-state index in [1.807, 2.05) is 29.2 Å². The van der Waals surface area contributed by atoms with Gasteiger partial charge in [0.1, 0.15) is 5.82 Å². The molecule has 1 fully saturated rings. The maximum atomic E-state index is 12.5. The highest BCUT2D eigenvalue weighted by Gasteiger charge is 2.23. The zero-order chi connectivity index (χ0) is 17.8. The van der Waals surface area contributed by atoms with Gasteiger partial charge in [-0.15, -0.1) is 0 Å². The van der Waals surface area contributed by atoms with Gasteiger partial charge in [0.15, 0.2) is 0 Å². The van der Waals surface area contributed by atoms with E-state index in [4.69, 9.17) is 11.6 Å². The maximum absolute atomic E-state index is 12.5. The molecule has 0 bridgehead atoms. The van der Waals surface area contributed by atoms with Crippen molar-refractivity contribution in [2.24, 2.45) is 5.92 Å². The molecule has 134 valence electrons. The fraction of sp³-hybridized carbons (Fsp3) is 0.500. The second-order valence-electron chi connectivity index (χ2n) is 6.77. The number of carbonyl (C=O) groups is 1. The van der Waals surface area contributed by atoms with E-state index < -0.39 is 0 Å². The molecule has 0 saturated carbocycles. The van der Waals surface area contributed by atoms with Crippen molar-refractivity contribution in [2.45, 2.75) is 26.7 Å². The smallest absolute Gasteiger partial charge is 0.227 e. The number of amides is 1. The van der Waals surface area contributed by atoms with Gasteiger partial charge in [-0.3, -0.25) is 4.79 Å². The summed E-state index contributed by atoms with van der Waals surface area (Å²) >= 11 is 7.45. The first kappa shape index (κ1) is 18.1. The van der Waals surface area contributed by atoms with E-state index in [9.17, 15) is 4.79 Å². The summed E-state index contributed by atoms with van der Waals surface area (Å²) in [4.78, 5) is 21.3. The molecule has 0 unspecified atom stereocenters. The second kappa shape index (κ2) is 8.15. The first-order valence-corrected chi connectivity index (χ1v) is 9.76. The SMILES string of the molecule is CC(C)Cc1nsc(N2CCN(C(=O)Cc3cccc(Cl)c3)CC2)n1. The highest BCUT2D eigenvalue weighted by molar-refractivity contribution is 7.09. The van der Waals surface area contributed by atoms with Crippen LogP contribution in [0.3, 0.4) is 0 Å². The number of halogens is 1. The van der Waals surface area contributed by atoms with Gasteiger partial charge in [-0.05, 0) is 23.6 Å². The third kappa shape index (κ3) is 4.92. The summed E-state index contributed by atoms with van der Waals surface area (Å²) < 4.78 is 4.45. The summed E-state index contributed by atoms with van der Waals surface area (Å²) in [6.45, 7) is 7.39. The average molecular weight is 379 g/mol. The lowest BCUT2D eigenvalue weighted by molar-refractivity contribution is -0.130. The molecule has 0 radical (unpaired) electrons. The molecule has 25 heavy (non-hydrogen) atoms. The van der Waals surface area contributed by atoms with Crippen LogP contribution in [0.25, 0.3) is 0 Å². The molecule has 2 aromatic rings. The molecule has 0 atom stereocenters. The van der Waals surface area contributed by atoms with Crippen LogP contribution in [0.15, 0.2) is 24.3 Å². The van der Waals surface area contributed by atoms with Crippen molar-refractivity contribution >= 4 is 34.2 Å². The Balaban J connectivity index is 1.52. The predicted octanol–water partition coefficient (Wildman–Crippen LogP) is 3.28. The molecule has 1 amide bonds. The largest absolute Gasteiger partial charge is 0.343 e. The van der Waals surface area contributed by atoms with E-state index in [0.717, 1.165) is 49.1 Å². The van der Waals surface area contributed by atoms with E-state index in [1.165, 1.54) is 11.5 Å². The topological polar surface area (TPSA) is 49.3 Å². The molecular weight excluding hydrogens is 356 g/mol. The van der Waals surface area contributed by atoms with Crippen molar-refractivity contribution in [1.82, 2.24) is 14.3 Å². The van der Waals surface area contributed by atoms with E-state index in [2.05, 4.69) is 28.1 Å². The van der Waals surface area contributed by atoms with E-state index in [0.29, 0.717) is 17.4 Å². The number of piperazine rings is 1. The Morgan fingerprint density at radius 2 is 2.04 bits per heavy atom. The van der Waals surface area contributed by atoms with Gasteiger partial charge in [0.2, 0.25) is 11.0 Å². The van der Waals surface area contributed by atoms with Crippen molar-refractivity contribution in [3.63, 3.8) is 0 Å². The summed E-state index contributed by atoms with van der Waals surface area (Å²) in [5.74, 6) is 1.64. The highest BCUT2D eigenvalue weighted by Crippen LogP contribution is 2.21. The number of anilines is 1. The Morgan fingerprint density at radius 1 is 1.28 bits per heavy atom. The molecule has 3 rings (SSSR count). The van der Waals surface area contributed by atoms with Gasteiger partial charge >= 0.3 is 0 Å². The minimum Gasteiger partial charge on any atom is -0.343 e. The Morgan fingerprint density at radius 3 is 2.72 bits per heavy atom. The van der Waals surface area contributed by atoms with Crippen molar-refractivity contribution in [1.29, 1.82) is 0 Å². The Hall–Kier alpha value is -1.66. The average Bonchev–Trinajstić information content (AvgIpc) is 3.02. The third-order valence-corrected chi connectivity index (χ3v) is 5.25. The summed E-state index contributed by atoms with van der Waals surface area (Å²) in [5, 5.41) is 1.64. The standard InChI is InChI=1S/C18H23ClN4OS/c1-13(2)10-16-20-18(25-21-16)23-8-6-22(7-9-23)17(24)12-14-4-3-5-15(19)11-14/h3-5,11,13H,6-10,12H2,1-2H3. The minimum absolute atomic E-state index is 0.152. The minimum atomic E-state index is 0.152. The lowest BCUT2D eigenvalue weighted by Gasteiger charge is -2.34. The molecule has 1 aromatic heterocycles. The van der Waals surface area contributed by atoms with Gasteiger partial charge in [0.05, 0.1) is 6.42 Å². The van der Waals surface area contributed by atoms with Gasteiger partial charge < -0.3 is 9.80 Å².